The van der Waals surface area contributed by atoms with Crippen LogP contribution in [0.25, 0.3) is 0 Å². The number of aliphatic hydroxyl groups is 1. The van der Waals surface area contributed by atoms with E-state index in [0.29, 0.717) is 0 Å². The van der Waals surface area contributed by atoms with Crippen molar-refractivity contribution in [2.24, 2.45) is 9.98 Å². The second kappa shape index (κ2) is 2.68. The fourth-order valence-electron chi connectivity index (χ4n) is 1.31. The molecule has 0 fully saturated rings. The van der Waals surface area contributed by atoms with Crippen LogP contribution in [-0.2, 0) is 6.61 Å². The van der Waals surface area contributed by atoms with Crippen molar-refractivity contribution < 1.29 is 5.11 Å². The average molecular weight is 162 g/mol. The molecular formula is C9H10N2O. The van der Waals surface area contributed by atoms with Crippen LogP contribution in [0.4, 0.5) is 0 Å². The topological polar surface area (TPSA) is 45.0 Å². The van der Waals surface area contributed by atoms with E-state index in [0.717, 1.165) is 16.3 Å². The summed E-state index contributed by atoms with van der Waals surface area (Å²) in [6.45, 7) is 2.01. The Morgan fingerprint density at radius 2 is 2.08 bits per heavy atom. The van der Waals surface area contributed by atoms with Crippen molar-refractivity contribution in [2.75, 3.05) is 0 Å². The summed E-state index contributed by atoms with van der Waals surface area (Å²) in [5.41, 5.74) is 0.891. The van der Waals surface area contributed by atoms with Crippen molar-refractivity contribution in [3.8, 4) is 0 Å². The van der Waals surface area contributed by atoms with Crippen LogP contribution < -0.4 is 10.7 Å². The maximum atomic E-state index is 8.86. The number of benzene rings is 1. The molecule has 0 saturated carbocycles. The predicted octanol–water partition coefficient (Wildman–Crippen LogP) is -0.222. The summed E-state index contributed by atoms with van der Waals surface area (Å²) in [5, 5.41) is 10.7. The van der Waals surface area contributed by atoms with Crippen LogP contribution in [0.1, 0.15) is 12.5 Å². The molecule has 1 aliphatic heterocycles. The SMILES string of the molecule is CC1N=c2ccc(CO)cc2=N1. The second-order valence-electron chi connectivity index (χ2n) is 2.87. The van der Waals surface area contributed by atoms with Gasteiger partial charge in [-0.3, -0.25) is 9.98 Å². The first kappa shape index (κ1) is 7.43. The molecule has 1 aromatic carbocycles. The van der Waals surface area contributed by atoms with Gasteiger partial charge in [0.15, 0.2) is 0 Å². The fourth-order valence-corrected chi connectivity index (χ4v) is 1.31. The van der Waals surface area contributed by atoms with Gasteiger partial charge in [-0.1, -0.05) is 6.07 Å². The van der Waals surface area contributed by atoms with Crippen LogP contribution in [0.5, 0.6) is 0 Å². The highest BCUT2D eigenvalue weighted by Crippen LogP contribution is 1.95. The molecule has 0 radical (unpaired) electrons. The second-order valence-corrected chi connectivity index (χ2v) is 2.87. The summed E-state index contributed by atoms with van der Waals surface area (Å²) < 4.78 is 0. The number of fused-ring (bicyclic) bond motifs is 1. The van der Waals surface area contributed by atoms with Crippen LogP contribution in [0, 0.1) is 0 Å². The van der Waals surface area contributed by atoms with E-state index in [1.54, 1.807) is 0 Å². The van der Waals surface area contributed by atoms with E-state index < -0.39 is 0 Å². The molecule has 0 aliphatic carbocycles. The molecule has 0 bridgehead atoms. The van der Waals surface area contributed by atoms with Gasteiger partial charge < -0.3 is 5.11 Å². The Balaban J connectivity index is 2.64. The highest BCUT2D eigenvalue weighted by molar-refractivity contribution is 5.14. The van der Waals surface area contributed by atoms with Crippen molar-refractivity contribution in [1.82, 2.24) is 0 Å². The van der Waals surface area contributed by atoms with Gasteiger partial charge in [0.2, 0.25) is 0 Å². The number of hydrogen-bond donors (Lipinski definition) is 1. The molecule has 0 amide bonds. The van der Waals surface area contributed by atoms with E-state index in [2.05, 4.69) is 9.98 Å². The Kier molecular flexibility index (Phi) is 1.66. The molecule has 0 spiro atoms. The molecule has 2 rings (SSSR count). The van der Waals surface area contributed by atoms with Gasteiger partial charge in [0.25, 0.3) is 0 Å². The van der Waals surface area contributed by atoms with Gasteiger partial charge in [-0.05, 0) is 24.6 Å². The van der Waals surface area contributed by atoms with Gasteiger partial charge in [-0.25, -0.2) is 0 Å². The monoisotopic (exact) mass is 162 g/mol. The van der Waals surface area contributed by atoms with Crippen molar-refractivity contribution >= 4 is 0 Å². The van der Waals surface area contributed by atoms with Crippen LogP contribution in [0.2, 0.25) is 0 Å². The fraction of sp³-hybridized carbons (Fsp3) is 0.333. The zero-order valence-corrected chi connectivity index (χ0v) is 6.86. The van der Waals surface area contributed by atoms with Gasteiger partial charge in [-0.15, -0.1) is 0 Å². The third-order valence-corrected chi connectivity index (χ3v) is 1.87. The van der Waals surface area contributed by atoms with E-state index in [9.17, 15) is 0 Å². The Labute approximate surface area is 70.1 Å². The molecule has 1 N–H and O–H groups in total. The molecule has 1 unspecified atom stereocenters. The Bertz CT molecular complexity index is 411. The van der Waals surface area contributed by atoms with E-state index in [4.69, 9.17) is 5.11 Å². The lowest BCUT2D eigenvalue weighted by molar-refractivity contribution is 0.281. The lowest BCUT2D eigenvalue weighted by Gasteiger charge is -1.91. The predicted molar refractivity (Wildman–Crippen MR) is 44.1 cm³/mol. The normalized spacial score (nSPS) is 19.7. The number of aliphatic hydroxyl groups excluding tert-OH is 1. The lowest BCUT2D eigenvalue weighted by atomic mass is 10.2. The number of nitrogens with zero attached hydrogens (tertiary/aromatic N) is 2. The summed E-state index contributed by atoms with van der Waals surface area (Å²) in [5.74, 6) is 0. The quantitative estimate of drug-likeness (QED) is 0.609. The summed E-state index contributed by atoms with van der Waals surface area (Å²) in [6, 6.07) is 5.64. The van der Waals surface area contributed by atoms with Crippen molar-refractivity contribution in [3.63, 3.8) is 0 Å². The first-order valence-electron chi connectivity index (χ1n) is 3.95. The minimum atomic E-state index is 0.0361. The van der Waals surface area contributed by atoms with Gasteiger partial charge in [0, 0.05) is 0 Å². The minimum absolute atomic E-state index is 0.0361. The zero-order valence-electron chi connectivity index (χ0n) is 6.86. The van der Waals surface area contributed by atoms with Crippen molar-refractivity contribution in [1.29, 1.82) is 0 Å². The molecule has 0 aromatic heterocycles. The number of rotatable bonds is 1. The van der Waals surface area contributed by atoms with E-state index in [-0.39, 0.29) is 12.8 Å². The first-order chi connectivity index (χ1) is 5.79. The van der Waals surface area contributed by atoms with E-state index in [1.807, 2.05) is 25.1 Å². The van der Waals surface area contributed by atoms with Crippen LogP contribution in [-0.4, -0.2) is 11.3 Å². The van der Waals surface area contributed by atoms with Gasteiger partial charge in [0.1, 0.15) is 6.17 Å². The summed E-state index contributed by atoms with van der Waals surface area (Å²) in [4.78, 5) is 8.56. The molecule has 62 valence electrons. The third kappa shape index (κ3) is 1.12. The first-order valence-corrected chi connectivity index (χ1v) is 3.95. The van der Waals surface area contributed by atoms with Gasteiger partial charge >= 0.3 is 0 Å². The van der Waals surface area contributed by atoms with Gasteiger partial charge in [0.05, 0.1) is 17.3 Å². The van der Waals surface area contributed by atoms with Crippen LogP contribution in [0.15, 0.2) is 28.2 Å². The minimum Gasteiger partial charge on any atom is -0.392 e. The molecule has 1 heterocycles. The standard InChI is InChI=1S/C9H10N2O/c1-6-10-8-3-2-7(5-12)4-9(8)11-6/h2-4,6,12H,5H2,1H3. The highest BCUT2D eigenvalue weighted by Gasteiger charge is 2.03. The van der Waals surface area contributed by atoms with Crippen molar-refractivity contribution in [3.05, 3.63) is 34.5 Å². The van der Waals surface area contributed by atoms with Crippen LogP contribution in [0.3, 0.4) is 0 Å². The maximum absolute atomic E-state index is 8.86. The van der Waals surface area contributed by atoms with Crippen LogP contribution >= 0.6 is 0 Å². The summed E-state index contributed by atoms with van der Waals surface area (Å²) >= 11 is 0. The molecule has 0 saturated heterocycles. The molecular weight excluding hydrogens is 152 g/mol. The van der Waals surface area contributed by atoms with Gasteiger partial charge in [-0.2, -0.15) is 0 Å². The Hall–Kier alpha value is -1.22. The maximum Gasteiger partial charge on any atom is 0.138 e. The molecule has 3 heteroatoms. The van der Waals surface area contributed by atoms with E-state index in [1.165, 1.54) is 0 Å². The molecule has 1 aliphatic rings. The van der Waals surface area contributed by atoms with Crippen molar-refractivity contribution in [2.45, 2.75) is 19.7 Å². The van der Waals surface area contributed by atoms with E-state index >= 15 is 0 Å². The largest absolute Gasteiger partial charge is 0.392 e. The molecule has 1 atom stereocenters. The summed E-state index contributed by atoms with van der Waals surface area (Å²) in [7, 11) is 0. The number of hydrogen-bond acceptors (Lipinski definition) is 3. The average Bonchev–Trinajstić information content (AvgIpc) is 2.43. The lowest BCUT2D eigenvalue weighted by Crippen LogP contribution is -2.21. The Morgan fingerprint density at radius 1 is 1.33 bits per heavy atom. The molecule has 12 heavy (non-hydrogen) atoms. The highest BCUT2D eigenvalue weighted by atomic mass is 16.3. The zero-order chi connectivity index (χ0) is 8.55. The Morgan fingerprint density at radius 3 is 2.83 bits per heavy atom. The molecule has 1 aromatic rings. The summed E-state index contributed by atoms with van der Waals surface area (Å²) in [6.07, 6.45) is 0.0361. The molecule has 3 nitrogen and oxygen atoms in total. The smallest absolute Gasteiger partial charge is 0.138 e. The third-order valence-electron chi connectivity index (χ3n) is 1.87.